The summed E-state index contributed by atoms with van der Waals surface area (Å²) < 4.78 is 5.35. The number of nitro benzene ring substituents is 1. The minimum absolute atomic E-state index is 0.0463. The Bertz CT molecular complexity index is 806. The number of amides is 1. The maximum atomic E-state index is 12.7. The maximum Gasteiger partial charge on any atom is 0.414 e. The van der Waals surface area contributed by atoms with E-state index < -0.39 is 22.7 Å². The number of unbranched alkanes of at least 4 members (excludes halogenated alkanes) is 2. The van der Waals surface area contributed by atoms with Crippen LogP contribution in [0, 0.1) is 10.1 Å². The number of aromatic carboxylic acids is 1. The van der Waals surface area contributed by atoms with Crippen molar-refractivity contribution in [2.45, 2.75) is 32.8 Å². The molecule has 0 aromatic heterocycles. The summed E-state index contributed by atoms with van der Waals surface area (Å²) in [6.07, 6.45) is 1.74. The SMILES string of the molecule is CCCCCN(C(=O)OCc1ccccc1)c1cc(C(=O)O)cc([N+](=O)[O-])c1. The molecule has 28 heavy (non-hydrogen) atoms. The molecule has 0 atom stereocenters. The van der Waals surface area contributed by atoms with Crippen LogP contribution in [0.5, 0.6) is 0 Å². The number of non-ortho nitro benzene ring substituents is 1. The highest BCUT2D eigenvalue weighted by atomic mass is 16.6. The van der Waals surface area contributed by atoms with Crippen LogP contribution in [-0.2, 0) is 11.3 Å². The van der Waals surface area contributed by atoms with Crippen molar-refractivity contribution in [2.75, 3.05) is 11.4 Å². The van der Waals surface area contributed by atoms with E-state index in [1.54, 1.807) is 0 Å². The molecule has 0 aliphatic rings. The molecular formula is C20H22N2O6. The van der Waals surface area contributed by atoms with Gasteiger partial charge in [0.2, 0.25) is 0 Å². The number of rotatable bonds is 9. The number of ether oxygens (including phenoxy) is 1. The van der Waals surface area contributed by atoms with Gasteiger partial charge >= 0.3 is 12.1 Å². The summed E-state index contributed by atoms with van der Waals surface area (Å²) in [6, 6.07) is 12.5. The van der Waals surface area contributed by atoms with E-state index in [0.717, 1.165) is 24.5 Å². The predicted octanol–water partition coefficient (Wildman–Crippen LogP) is 4.63. The molecule has 1 amide bonds. The third-order valence-corrected chi connectivity index (χ3v) is 4.08. The Morgan fingerprint density at radius 2 is 1.86 bits per heavy atom. The van der Waals surface area contributed by atoms with Crippen LogP contribution in [0.4, 0.5) is 16.2 Å². The Hall–Kier alpha value is -3.42. The monoisotopic (exact) mass is 386 g/mol. The normalized spacial score (nSPS) is 10.3. The zero-order valence-electron chi connectivity index (χ0n) is 15.5. The van der Waals surface area contributed by atoms with E-state index >= 15 is 0 Å². The number of hydrogen-bond acceptors (Lipinski definition) is 5. The van der Waals surface area contributed by atoms with Crippen LogP contribution < -0.4 is 4.90 Å². The lowest BCUT2D eigenvalue weighted by molar-refractivity contribution is -0.384. The smallest absolute Gasteiger partial charge is 0.414 e. The first-order chi connectivity index (χ1) is 13.4. The molecule has 148 valence electrons. The Morgan fingerprint density at radius 3 is 2.46 bits per heavy atom. The third kappa shape index (κ3) is 5.80. The number of hydrogen-bond donors (Lipinski definition) is 1. The molecule has 8 nitrogen and oxygen atoms in total. The van der Waals surface area contributed by atoms with Crippen molar-refractivity contribution in [3.63, 3.8) is 0 Å². The lowest BCUT2D eigenvalue weighted by atomic mass is 10.1. The van der Waals surface area contributed by atoms with E-state index in [0.29, 0.717) is 6.42 Å². The number of nitro groups is 1. The summed E-state index contributed by atoms with van der Waals surface area (Å²) in [5.41, 5.74) is 0.266. The van der Waals surface area contributed by atoms with Crippen molar-refractivity contribution < 1.29 is 24.4 Å². The summed E-state index contributed by atoms with van der Waals surface area (Å²) in [5, 5.41) is 20.4. The lowest BCUT2D eigenvalue weighted by Gasteiger charge is -2.22. The molecule has 0 bridgehead atoms. The van der Waals surface area contributed by atoms with Crippen LogP contribution in [-0.4, -0.2) is 28.6 Å². The van der Waals surface area contributed by atoms with Crippen molar-refractivity contribution in [1.82, 2.24) is 0 Å². The van der Waals surface area contributed by atoms with Gasteiger partial charge in [-0.15, -0.1) is 0 Å². The van der Waals surface area contributed by atoms with Crippen LogP contribution in [0.2, 0.25) is 0 Å². The number of carbonyl (C=O) groups is 2. The van der Waals surface area contributed by atoms with Crippen LogP contribution in [0.1, 0.15) is 42.1 Å². The van der Waals surface area contributed by atoms with E-state index in [4.69, 9.17) is 4.74 Å². The predicted molar refractivity (Wildman–Crippen MR) is 104 cm³/mol. The van der Waals surface area contributed by atoms with Crippen molar-refractivity contribution >= 4 is 23.4 Å². The quantitative estimate of drug-likeness (QED) is 0.382. The molecule has 0 aliphatic heterocycles. The standard InChI is InChI=1S/C20H22N2O6/c1-2-3-7-10-21(20(25)28-14-15-8-5-4-6-9-15)17-11-16(19(23)24)12-18(13-17)22(26)27/h4-6,8-9,11-13H,2-3,7,10,14H2,1H3,(H,23,24). The van der Waals surface area contributed by atoms with E-state index in [1.165, 1.54) is 17.0 Å². The van der Waals surface area contributed by atoms with Gasteiger partial charge in [-0.3, -0.25) is 15.0 Å². The van der Waals surface area contributed by atoms with Gasteiger partial charge < -0.3 is 9.84 Å². The molecule has 2 aromatic carbocycles. The number of nitrogens with zero attached hydrogens (tertiary/aromatic N) is 2. The second-order valence-corrected chi connectivity index (χ2v) is 6.20. The average molecular weight is 386 g/mol. The first-order valence-corrected chi connectivity index (χ1v) is 8.93. The van der Waals surface area contributed by atoms with Gasteiger partial charge in [-0.05, 0) is 18.1 Å². The van der Waals surface area contributed by atoms with Gasteiger partial charge in [0.1, 0.15) is 6.61 Å². The fraction of sp³-hybridized carbons (Fsp3) is 0.300. The molecule has 0 fully saturated rings. The van der Waals surface area contributed by atoms with Crippen molar-refractivity contribution in [1.29, 1.82) is 0 Å². The number of benzene rings is 2. The van der Waals surface area contributed by atoms with Gasteiger partial charge in [0, 0.05) is 18.7 Å². The Balaban J connectivity index is 2.29. The summed E-state index contributed by atoms with van der Waals surface area (Å²) in [6.45, 7) is 2.32. The van der Waals surface area contributed by atoms with Crippen LogP contribution >= 0.6 is 0 Å². The van der Waals surface area contributed by atoms with E-state index in [2.05, 4.69) is 0 Å². The van der Waals surface area contributed by atoms with E-state index in [9.17, 15) is 24.8 Å². The summed E-state index contributed by atoms with van der Waals surface area (Å²) in [5.74, 6) is -1.31. The number of carboxylic acids is 1. The molecule has 0 saturated carbocycles. The highest BCUT2D eigenvalue weighted by Crippen LogP contribution is 2.26. The molecule has 0 saturated heterocycles. The zero-order chi connectivity index (χ0) is 20.5. The summed E-state index contributed by atoms with van der Waals surface area (Å²) in [4.78, 5) is 35.7. The van der Waals surface area contributed by atoms with Crippen LogP contribution in [0.25, 0.3) is 0 Å². The molecule has 0 aliphatic carbocycles. The molecule has 0 unspecified atom stereocenters. The fourth-order valence-electron chi connectivity index (χ4n) is 2.62. The third-order valence-electron chi connectivity index (χ3n) is 4.08. The summed E-state index contributed by atoms with van der Waals surface area (Å²) in [7, 11) is 0. The minimum atomic E-state index is -1.31. The van der Waals surface area contributed by atoms with Crippen LogP contribution in [0.15, 0.2) is 48.5 Å². The van der Waals surface area contributed by atoms with Gasteiger partial charge in [0.15, 0.2) is 0 Å². The minimum Gasteiger partial charge on any atom is -0.478 e. The van der Waals surface area contributed by atoms with Crippen molar-refractivity contribution in [3.05, 3.63) is 69.8 Å². The lowest BCUT2D eigenvalue weighted by Crippen LogP contribution is -2.32. The molecule has 8 heteroatoms. The first-order valence-electron chi connectivity index (χ1n) is 8.93. The van der Waals surface area contributed by atoms with Crippen LogP contribution in [0.3, 0.4) is 0 Å². The van der Waals surface area contributed by atoms with Gasteiger partial charge in [-0.25, -0.2) is 9.59 Å². The summed E-state index contributed by atoms with van der Waals surface area (Å²) >= 11 is 0. The first kappa shape index (κ1) is 20.9. The highest BCUT2D eigenvalue weighted by Gasteiger charge is 2.22. The van der Waals surface area contributed by atoms with Gasteiger partial charge in [-0.1, -0.05) is 50.1 Å². The highest BCUT2D eigenvalue weighted by molar-refractivity contribution is 5.93. The number of carbonyl (C=O) groups excluding carboxylic acids is 1. The molecule has 0 radical (unpaired) electrons. The van der Waals surface area contributed by atoms with Gasteiger partial charge in [-0.2, -0.15) is 0 Å². The van der Waals surface area contributed by atoms with Gasteiger partial charge in [0.25, 0.3) is 5.69 Å². The van der Waals surface area contributed by atoms with Crippen molar-refractivity contribution in [3.8, 4) is 0 Å². The van der Waals surface area contributed by atoms with Crippen molar-refractivity contribution in [2.24, 2.45) is 0 Å². The Kier molecular flexibility index (Phi) is 7.50. The number of anilines is 1. The fourth-order valence-corrected chi connectivity index (χ4v) is 2.62. The molecular weight excluding hydrogens is 364 g/mol. The largest absolute Gasteiger partial charge is 0.478 e. The zero-order valence-corrected chi connectivity index (χ0v) is 15.5. The Labute approximate surface area is 162 Å². The molecule has 1 N–H and O–H groups in total. The topological polar surface area (TPSA) is 110 Å². The second-order valence-electron chi connectivity index (χ2n) is 6.20. The molecule has 2 rings (SSSR count). The molecule has 0 heterocycles. The molecule has 0 spiro atoms. The average Bonchev–Trinajstić information content (AvgIpc) is 2.69. The van der Waals surface area contributed by atoms with E-state index in [-0.39, 0.29) is 24.4 Å². The maximum absolute atomic E-state index is 12.7. The number of carboxylic acid groups (broad SMARTS) is 1. The Morgan fingerprint density at radius 1 is 1.14 bits per heavy atom. The second kappa shape index (κ2) is 10.1. The molecule has 2 aromatic rings. The van der Waals surface area contributed by atoms with Gasteiger partial charge in [0.05, 0.1) is 16.2 Å². The van der Waals surface area contributed by atoms with E-state index in [1.807, 2.05) is 37.3 Å².